The summed E-state index contributed by atoms with van der Waals surface area (Å²) in [5.41, 5.74) is 1.91. The number of rotatable bonds is 6. The van der Waals surface area contributed by atoms with E-state index in [9.17, 15) is 13.2 Å². The van der Waals surface area contributed by atoms with Crippen LogP contribution in [-0.4, -0.2) is 28.5 Å². The third kappa shape index (κ3) is 3.95. The van der Waals surface area contributed by atoms with E-state index in [1.165, 1.54) is 28.2 Å². The topological polar surface area (TPSA) is 89.3 Å². The van der Waals surface area contributed by atoms with E-state index in [0.29, 0.717) is 33.7 Å². The molecule has 0 aliphatic rings. The summed E-state index contributed by atoms with van der Waals surface area (Å²) in [6, 6.07) is 9.22. The first-order chi connectivity index (χ1) is 12.7. The fraction of sp³-hybridized carbons (Fsp3) is 0.222. The van der Waals surface area contributed by atoms with E-state index in [4.69, 9.17) is 28.3 Å². The van der Waals surface area contributed by atoms with E-state index in [2.05, 4.69) is 4.98 Å². The minimum Gasteiger partial charge on any atom is -0.481 e. The highest BCUT2D eigenvalue weighted by atomic mass is 35.5. The van der Waals surface area contributed by atoms with Crippen molar-refractivity contribution in [3.8, 4) is 0 Å². The number of carboxylic acids is 1. The predicted octanol–water partition coefficient (Wildman–Crippen LogP) is 4.30. The van der Waals surface area contributed by atoms with Crippen molar-refractivity contribution in [3.63, 3.8) is 0 Å². The van der Waals surface area contributed by atoms with Gasteiger partial charge in [0, 0.05) is 17.1 Å². The summed E-state index contributed by atoms with van der Waals surface area (Å²) in [5, 5.41) is 9.58. The molecule has 2 aromatic heterocycles. The highest BCUT2D eigenvalue weighted by Crippen LogP contribution is 2.28. The molecular weight excluding hydrogens is 411 g/mol. The van der Waals surface area contributed by atoms with Gasteiger partial charge in [-0.05, 0) is 61.7 Å². The molecule has 0 saturated heterocycles. The van der Waals surface area contributed by atoms with E-state index in [0.717, 1.165) is 0 Å². The zero-order valence-corrected chi connectivity index (χ0v) is 16.6. The molecule has 0 aliphatic carbocycles. The summed E-state index contributed by atoms with van der Waals surface area (Å²) in [5.74, 6) is -0.935. The van der Waals surface area contributed by atoms with Gasteiger partial charge in [-0.2, -0.15) is 0 Å². The SMILES string of the molecule is Cc1cc(S(=O)(=O)n2c(CCCC(=O)O)cc3nc(Cl)ccc32)ccc1Cl. The Morgan fingerprint density at radius 3 is 2.59 bits per heavy atom. The van der Waals surface area contributed by atoms with Crippen LogP contribution in [0, 0.1) is 6.92 Å². The molecule has 0 aliphatic heterocycles. The first-order valence-electron chi connectivity index (χ1n) is 8.10. The Hall–Kier alpha value is -2.09. The van der Waals surface area contributed by atoms with Crippen molar-refractivity contribution >= 4 is 50.2 Å². The molecule has 2 heterocycles. The standard InChI is InChI=1S/C18H16Cl2N2O4S/c1-11-9-13(5-6-14(11)19)27(25,26)22-12(3-2-4-18(23)24)10-15-16(22)7-8-17(20)21-15/h5-10H,2-4H2,1H3,(H,23,24). The van der Waals surface area contributed by atoms with Crippen LogP contribution in [0.3, 0.4) is 0 Å². The molecule has 0 saturated carbocycles. The average molecular weight is 427 g/mol. The molecule has 0 unspecified atom stereocenters. The first kappa shape index (κ1) is 19.7. The molecule has 27 heavy (non-hydrogen) atoms. The summed E-state index contributed by atoms with van der Waals surface area (Å²) < 4.78 is 27.8. The van der Waals surface area contributed by atoms with Gasteiger partial charge in [-0.1, -0.05) is 23.2 Å². The van der Waals surface area contributed by atoms with E-state index < -0.39 is 16.0 Å². The lowest BCUT2D eigenvalue weighted by atomic mass is 10.2. The molecule has 1 aromatic carbocycles. The van der Waals surface area contributed by atoms with Gasteiger partial charge < -0.3 is 5.11 Å². The number of nitrogens with zero attached hydrogens (tertiary/aromatic N) is 2. The molecular formula is C18H16Cl2N2O4S. The van der Waals surface area contributed by atoms with Gasteiger partial charge in [0.1, 0.15) is 5.15 Å². The monoisotopic (exact) mass is 426 g/mol. The number of aromatic nitrogens is 2. The van der Waals surface area contributed by atoms with E-state index >= 15 is 0 Å². The predicted molar refractivity (Wildman–Crippen MR) is 104 cm³/mol. The second-order valence-corrected chi connectivity index (χ2v) is 8.68. The average Bonchev–Trinajstić information content (AvgIpc) is 2.94. The highest BCUT2D eigenvalue weighted by Gasteiger charge is 2.24. The Labute approximate surface area is 166 Å². The Bertz CT molecular complexity index is 1140. The fourth-order valence-corrected chi connectivity index (χ4v) is 4.77. The van der Waals surface area contributed by atoms with Gasteiger partial charge in [-0.15, -0.1) is 0 Å². The molecule has 142 valence electrons. The molecule has 0 atom stereocenters. The third-order valence-corrected chi connectivity index (χ3v) is 6.54. The summed E-state index contributed by atoms with van der Waals surface area (Å²) in [6.07, 6.45) is 0.510. The lowest BCUT2D eigenvalue weighted by Crippen LogP contribution is -2.16. The smallest absolute Gasteiger partial charge is 0.303 e. The largest absolute Gasteiger partial charge is 0.481 e. The van der Waals surface area contributed by atoms with E-state index in [1.54, 1.807) is 19.1 Å². The lowest BCUT2D eigenvalue weighted by Gasteiger charge is -2.13. The Morgan fingerprint density at radius 2 is 1.93 bits per heavy atom. The molecule has 0 fully saturated rings. The van der Waals surface area contributed by atoms with Crippen LogP contribution in [0.15, 0.2) is 41.3 Å². The number of aliphatic carboxylic acids is 1. The normalized spacial score (nSPS) is 11.8. The van der Waals surface area contributed by atoms with Gasteiger partial charge in [0.25, 0.3) is 10.0 Å². The van der Waals surface area contributed by atoms with Gasteiger partial charge in [0.2, 0.25) is 0 Å². The van der Waals surface area contributed by atoms with Gasteiger partial charge in [-0.3, -0.25) is 4.79 Å². The summed E-state index contributed by atoms with van der Waals surface area (Å²) in [6.45, 7) is 1.73. The molecule has 0 bridgehead atoms. The van der Waals surface area contributed by atoms with Crippen molar-refractivity contribution in [1.82, 2.24) is 8.96 Å². The number of pyridine rings is 1. The van der Waals surface area contributed by atoms with Crippen LogP contribution in [0.5, 0.6) is 0 Å². The number of halogens is 2. The van der Waals surface area contributed by atoms with Crippen LogP contribution in [0.4, 0.5) is 0 Å². The van der Waals surface area contributed by atoms with Crippen molar-refractivity contribution in [1.29, 1.82) is 0 Å². The van der Waals surface area contributed by atoms with Crippen LogP contribution in [0.25, 0.3) is 11.0 Å². The molecule has 9 heteroatoms. The van der Waals surface area contributed by atoms with Crippen molar-refractivity contribution in [3.05, 3.63) is 57.8 Å². The van der Waals surface area contributed by atoms with Crippen LogP contribution in [0.1, 0.15) is 24.1 Å². The highest BCUT2D eigenvalue weighted by molar-refractivity contribution is 7.90. The number of aryl methyl sites for hydroxylation is 2. The number of hydrogen-bond donors (Lipinski definition) is 1. The summed E-state index contributed by atoms with van der Waals surface area (Å²) >= 11 is 11.9. The van der Waals surface area contributed by atoms with E-state index in [-0.39, 0.29) is 22.9 Å². The minimum absolute atomic E-state index is 0.0597. The Morgan fingerprint density at radius 1 is 1.19 bits per heavy atom. The molecule has 0 spiro atoms. The number of carboxylic acid groups (broad SMARTS) is 1. The second-order valence-electron chi connectivity index (χ2n) is 6.10. The molecule has 3 rings (SSSR count). The Kier molecular flexibility index (Phi) is 5.46. The van der Waals surface area contributed by atoms with Crippen LogP contribution in [0.2, 0.25) is 10.2 Å². The fourth-order valence-electron chi connectivity index (χ4n) is 2.85. The van der Waals surface area contributed by atoms with Crippen LogP contribution >= 0.6 is 23.2 Å². The van der Waals surface area contributed by atoms with Crippen LogP contribution < -0.4 is 0 Å². The van der Waals surface area contributed by atoms with Crippen molar-refractivity contribution in [2.24, 2.45) is 0 Å². The number of benzene rings is 1. The number of carbonyl (C=O) groups is 1. The number of hydrogen-bond acceptors (Lipinski definition) is 4. The maximum atomic E-state index is 13.3. The number of fused-ring (bicyclic) bond motifs is 1. The van der Waals surface area contributed by atoms with Crippen LogP contribution in [-0.2, 0) is 21.2 Å². The van der Waals surface area contributed by atoms with E-state index in [1.807, 2.05) is 0 Å². The maximum absolute atomic E-state index is 13.3. The van der Waals surface area contributed by atoms with Gasteiger partial charge in [0.15, 0.2) is 0 Å². The molecule has 1 N–H and O–H groups in total. The lowest BCUT2D eigenvalue weighted by molar-refractivity contribution is -0.137. The maximum Gasteiger partial charge on any atom is 0.303 e. The zero-order valence-electron chi connectivity index (χ0n) is 14.3. The molecule has 0 amide bonds. The molecule has 3 aromatic rings. The van der Waals surface area contributed by atoms with Gasteiger partial charge >= 0.3 is 5.97 Å². The van der Waals surface area contributed by atoms with Crippen molar-refractivity contribution in [2.45, 2.75) is 31.1 Å². The third-order valence-electron chi connectivity index (χ3n) is 4.14. The molecule has 6 nitrogen and oxygen atoms in total. The van der Waals surface area contributed by atoms with Gasteiger partial charge in [-0.25, -0.2) is 17.4 Å². The van der Waals surface area contributed by atoms with Gasteiger partial charge in [0.05, 0.1) is 15.9 Å². The molecule has 0 radical (unpaired) electrons. The van der Waals surface area contributed by atoms with Crippen molar-refractivity contribution in [2.75, 3.05) is 0 Å². The summed E-state index contributed by atoms with van der Waals surface area (Å²) in [4.78, 5) is 15.1. The zero-order chi connectivity index (χ0) is 19.8. The first-order valence-corrected chi connectivity index (χ1v) is 10.3. The second kappa shape index (κ2) is 7.50. The Balaban J connectivity index is 2.17. The summed E-state index contributed by atoms with van der Waals surface area (Å²) in [7, 11) is -3.93. The van der Waals surface area contributed by atoms with Crippen molar-refractivity contribution < 1.29 is 18.3 Å². The quantitative estimate of drug-likeness (QED) is 0.593. The minimum atomic E-state index is -3.93.